The van der Waals surface area contributed by atoms with Crippen molar-refractivity contribution in [1.82, 2.24) is 0 Å². The second kappa shape index (κ2) is 7.26. The molecule has 3 rings (SSSR count). The third kappa shape index (κ3) is 4.47. The summed E-state index contributed by atoms with van der Waals surface area (Å²) in [5.74, 6) is 0.931. The summed E-state index contributed by atoms with van der Waals surface area (Å²) in [4.78, 5) is 0. The van der Waals surface area contributed by atoms with Crippen LogP contribution in [0.4, 0.5) is 0 Å². The van der Waals surface area contributed by atoms with E-state index in [0.29, 0.717) is 35.3 Å². The van der Waals surface area contributed by atoms with E-state index < -0.39 is 9.84 Å². The third-order valence-corrected chi connectivity index (χ3v) is 5.93. The van der Waals surface area contributed by atoms with Gasteiger partial charge in [-0.15, -0.1) is 0 Å². The number of fused-ring (bicyclic) bond motifs is 1. The molecule has 6 heteroatoms. The molecule has 0 aromatic heterocycles. The van der Waals surface area contributed by atoms with Crippen LogP contribution in [0.1, 0.15) is 28.7 Å². The molecule has 0 atom stereocenters. The summed E-state index contributed by atoms with van der Waals surface area (Å²) < 4.78 is 36.5. The van der Waals surface area contributed by atoms with E-state index in [9.17, 15) is 8.42 Å². The van der Waals surface area contributed by atoms with Crippen LogP contribution in [0.2, 0.25) is 5.02 Å². The lowest BCUT2D eigenvalue weighted by molar-refractivity contribution is 0.297. The number of aryl methyl sites for hydroxylation is 2. The van der Waals surface area contributed by atoms with Gasteiger partial charge in [0.15, 0.2) is 21.3 Å². The van der Waals surface area contributed by atoms with Crippen LogP contribution < -0.4 is 9.47 Å². The molecule has 0 N–H and O–H groups in total. The molecule has 0 aliphatic carbocycles. The average molecular weight is 381 g/mol. The van der Waals surface area contributed by atoms with Gasteiger partial charge in [-0.1, -0.05) is 35.4 Å². The lowest BCUT2D eigenvalue weighted by atomic mass is 10.1. The van der Waals surface area contributed by atoms with Gasteiger partial charge in [-0.25, -0.2) is 8.42 Å². The van der Waals surface area contributed by atoms with Crippen LogP contribution in [0, 0.1) is 13.8 Å². The normalized spacial score (nSPS) is 14.2. The Kier molecular flexibility index (Phi) is 5.25. The maximum Gasteiger partial charge on any atom is 0.179 e. The minimum atomic E-state index is -3.33. The van der Waals surface area contributed by atoms with Crippen molar-refractivity contribution in [3.63, 3.8) is 0 Å². The van der Waals surface area contributed by atoms with E-state index in [1.54, 1.807) is 12.1 Å². The SMILES string of the molecule is Cc1ccc(C)c(CS(=O)(=O)Cc2cc(Cl)c3c(c2)OCCCO3)c1. The number of rotatable bonds is 4. The highest BCUT2D eigenvalue weighted by atomic mass is 35.5. The Bertz CT molecular complexity index is 891. The highest BCUT2D eigenvalue weighted by Crippen LogP contribution is 2.38. The fourth-order valence-corrected chi connectivity index (χ4v) is 4.71. The summed E-state index contributed by atoms with van der Waals surface area (Å²) in [5.41, 5.74) is 3.47. The maximum absolute atomic E-state index is 12.7. The molecule has 134 valence electrons. The van der Waals surface area contributed by atoms with E-state index in [0.717, 1.165) is 23.1 Å². The van der Waals surface area contributed by atoms with Gasteiger partial charge in [0.1, 0.15) is 0 Å². The first-order valence-electron chi connectivity index (χ1n) is 8.19. The van der Waals surface area contributed by atoms with Gasteiger partial charge in [-0.05, 0) is 42.7 Å². The Morgan fingerprint density at radius 3 is 2.60 bits per heavy atom. The van der Waals surface area contributed by atoms with Crippen molar-refractivity contribution >= 4 is 21.4 Å². The summed E-state index contributed by atoms with van der Waals surface area (Å²) >= 11 is 6.26. The van der Waals surface area contributed by atoms with Gasteiger partial charge in [0.05, 0.1) is 29.7 Å². The van der Waals surface area contributed by atoms with Crippen molar-refractivity contribution < 1.29 is 17.9 Å². The van der Waals surface area contributed by atoms with Crippen LogP contribution >= 0.6 is 11.6 Å². The van der Waals surface area contributed by atoms with E-state index in [1.165, 1.54) is 0 Å². The molecule has 1 heterocycles. The van der Waals surface area contributed by atoms with Crippen molar-refractivity contribution in [3.05, 3.63) is 57.6 Å². The van der Waals surface area contributed by atoms with Crippen LogP contribution in [-0.4, -0.2) is 21.6 Å². The Balaban J connectivity index is 1.84. The van der Waals surface area contributed by atoms with E-state index in [4.69, 9.17) is 21.1 Å². The minimum Gasteiger partial charge on any atom is -0.489 e. The fourth-order valence-electron chi connectivity index (χ4n) is 2.87. The predicted molar refractivity (Wildman–Crippen MR) is 99.3 cm³/mol. The first-order chi connectivity index (χ1) is 11.8. The second-order valence-electron chi connectivity index (χ2n) is 6.42. The largest absolute Gasteiger partial charge is 0.489 e. The van der Waals surface area contributed by atoms with Gasteiger partial charge >= 0.3 is 0 Å². The molecule has 1 aliphatic rings. The molecule has 2 aromatic rings. The molecule has 0 bridgehead atoms. The third-order valence-electron chi connectivity index (χ3n) is 4.13. The number of benzene rings is 2. The topological polar surface area (TPSA) is 52.6 Å². The van der Waals surface area contributed by atoms with Crippen molar-refractivity contribution in [3.8, 4) is 11.5 Å². The monoisotopic (exact) mass is 380 g/mol. The number of halogens is 1. The van der Waals surface area contributed by atoms with E-state index in [1.807, 2.05) is 32.0 Å². The zero-order valence-electron chi connectivity index (χ0n) is 14.3. The van der Waals surface area contributed by atoms with Gasteiger partial charge in [0.25, 0.3) is 0 Å². The number of ether oxygens (including phenoxy) is 2. The summed E-state index contributed by atoms with van der Waals surface area (Å²) in [6.07, 6.45) is 0.769. The zero-order chi connectivity index (χ0) is 18.0. The van der Waals surface area contributed by atoms with Gasteiger partial charge in [0, 0.05) is 6.42 Å². The number of hydrogen-bond donors (Lipinski definition) is 0. The van der Waals surface area contributed by atoms with Gasteiger partial charge < -0.3 is 9.47 Å². The highest BCUT2D eigenvalue weighted by Gasteiger charge is 2.20. The Hall–Kier alpha value is -1.72. The molecule has 0 saturated carbocycles. The smallest absolute Gasteiger partial charge is 0.179 e. The van der Waals surface area contributed by atoms with Crippen molar-refractivity contribution in [2.75, 3.05) is 13.2 Å². The van der Waals surface area contributed by atoms with Crippen molar-refractivity contribution in [1.29, 1.82) is 0 Å². The van der Waals surface area contributed by atoms with Crippen LogP contribution in [0.3, 0.4) is 0 Å². The second-order valence-corrected chi connectivity index (χ2v) is 8.89. The van der Waals surface area contributed by atoms with Crippen molar-refractivity contribution in [2.24, 2.45) is 0 Å². The van der Waals surface area contributed by atoms with E-state index in [-0.39, 0.29) is 11.5 Å². The molecule has 0 saturated heterocycles. The Morgan fingerprint density at radius 1 is 1.04 bits per heavy atom. The van der Waals surface area contributed by atoms with Crippen LogP contribution in [-0.2, 0) is 21.3 Å². The van der Waals surface area contributed by atoms with E-state index in [2.05, 4.69) is 0 Å². The van der Waals surface area contributed by atoms with E-state index >= 15 is 0 Å². The molecular weight excluding hydrogens is 360 g/mol. The molecule has 0 radical (unpaired) electrons. The van der Waals surface area contributed by atoms with Crippen LogP contribution in [0.5, 0.6) is 11.5 Å². The summed E-state index contributed by atoms with van der Waals surface area (Å²) in [6, 6.07) is 9.22. The molecule has 0 amide bonds. The highest BCUT2D eigenvalue weighted by molar-refractivity contribution is 7.89. The minimum absolute atomic E-state index is 0.00652. The summed E-state index contributed by atoms with van der Waals surface area (Å²) in [7, 11) is -3.33. The molecule has 25 heavy (non-hydrogen) atoms. The molecule has 1 aliphatic heterocycles. The van der Waals surface area contributed by atoms with Gasteiger partial charge in [-0.3, -0.25) is 0 Å². The van der Waals surface area contributed by atoms with Crippen molar-refractivity contribution in [2.45, 2.75) is 31.8 Å². The first kappa shape index (κ1) is 18.1. The molecule has 0 fully saturated rings. The zero-order valence-corrected chi connectivity index (χ0v) is 15.9. The quantitative estimate of drug-likeness (QED) is 0.796. The fraction of sp³-hybridized carbons (Fsp3) is 0.368. The molecule has 0 unspecified atom stereocenters. The lowest BCUT2D eigenvalue weighted by Crippen LogP contribution is -2.09. The number of sulfone groups is 1. The summed E-state index contributed by atoms with van der Waals surface area (Å²) in [6.45, 7) is 4.95. The Morgan fingerprint density at radius 2 is 1.80 bits per heavy atom. The van der Waals surface area contributed by atoms with Crippen LogP contribution in [0.25, 0.3) is 0 Å². The van der Waals surface area contributed by atoms with Gasteiger partial charge in [0.2, 0.25) is 0 Å². The van der Waals surface area contributed by atoms with Crippen LogP contribution in [0.15, 0.2) is 30.3 Å². The summed E-state index contributed by atoms with van der Waals surface area (Å²) in [5, 5.41) is 0.385. The lowest BCUT2D eigenvalue weighted by Gasteiger charge is -2.12. The average Bonchev–Trinajstić information content (AvgIpc) is 2.76. The standard InChI is InChI=1S/C19H21ClO4S/c1-13-4-5-14(2)16(8-13)12-25(21,22)11-15-9-17(20)19-18(10-15)23-6-3-7-24-19/h4-5,8-10H,3,6-7,11-12H2,1-2H3. The predicted octanol–water partition coefficient (Wildman–Crippen LogP) is 4.23. The Labute approximate surface area is 153 Å². The molecule has 0 spiro atoms. The molecule has 4 nitrogen and oxygen atoms in total. The molecular formula is C19H21ClO4S. The number of hydrogen-bond acceptors (Lipinski definition) is 4. The molecule has 2 aromatic carbocycles. The first-order valence-corrected chi connectivity index (χ1v) is 10.4. The maximum atomic E-state index is 12.7. The van der Waals surface area contributed by atoms with Gasteiger partial charge in [-0.2, -0.15) is 0 Å².